The van der Waals surface area contributed by atoms with Gasteiger partial charge in [-0.3, -0.25) is 0 Å². The number of rotatable bonds is 6. The summed E-state index contributed by atoms with van der Waals surface area (Å²) < 4.78 is 0. The summed E-state index contributed by atoms with van der Waals surface area (Å²) in [5.41, 5.74) is 7.61. The summed E-state index contributed by atoms with van der Waals surface area (Å²) in [5.74, 6) is 1.56. The van der Waals surface area contributed by atoms with E-state index in [-0.39, 0.29) is 0 Å². The molecule has 31 heavy (non-hydrogen) atoms. The molecule has 2 aromatic carbocycles. The molecule has 0 fully saturated rings. The van der Waals surface area contributed by atoms with Gasteiger partial charge >= 0.3 is 0 Å². The van der Waals surface area contributed by atoms with Crippen LogP contribution < -0.4 is 9.80 Å². The average molecular weight is 460 g/mol. The number of benzene rings is 2. The van der Waals surface area contributed by atoms with E-state index in [0.717, 1.165) is 0 Å². The van der Waals surface area contributed by atoms with Gasteiger partial charge in [0.15, 0.2) is 0 Å². The van der Waals surface area contributed by atoms with E-state index in [1.807, 2.05) is 0 Å². The van der Waals surface area contributed by atoms with Gasteiger partial charge in [0.05, 0.1) is 11.4 Å². The molecule has 1 aliphatic heterocycles. The summed E-state index contributed by atoms with van der Waals surface area (Å²) in [7, 11) is 0. The van der Waals surface area contributed by atoms with Crippen LogP contribution in [0.2, 0.25) is 0 Å². The normalized spacial score (nSPS) is 14.9. The molecule has 0 unspecified atom stereocenters. The van der Waals surface area contributed by atoms with Crippen LogP contribution in [0.3, 0.4) is 0 Å². The van der Waals surface area contributed by atoms with Gasteiger partial charge in [0.2, 0.25) is 0 Å². The van der Waals surface area contributed by atoms with E-state index in [9.17, 15) is 0 Å². The summed E-state index contributed by atoms with van der Waals surface area (Å²) in [6, 6.07) is 13.2. The van der Waals surface area contributed by atoms with Crippen molar-refractivity contribution in [3.8, 4) is 0 Å². The molecule has 2 nitrogen and oxygen atoms in total. The molecule has 0 radical (unpaired) electrons. The average Bonchev–Trinajstić information content (AvgIpc) is 3.00. The molecule has 0 atom stereocenters. The van der Waals surface area contributed by atoms with Gasteiger partial charge in [0, 0.05) is 0 Å². The maximum Gasteiger partial charge on any atom is 0.146 e. The number of nitrogens with zero attached hydrogens (tertiary/aromatic N) is 2. The summed E-state index contributed by atoms with van der Waals surface area (Å²) in [6.07, 6.45) is 0. The van der Waals surface area contributed by atoms with Crippen molar-refractivity contribution in [1.82, 2.24) is 0 Å². The Morgan fingerprint density at radius 1 is 0.548 bits per heavy atom. The third kappa shape index (κ3) is 4.47. The highest BCUT2D eigenvalue weighted by Crippen LogP contribution is 2.46. The van der Waals surface area contributed by atoms with Crippen LogP contribution in [0.25, 0.3) is 0 Å². The molecule has 0 N–H and O–H groups in total. The predicted molar refractivity (Wildman–Crippen MR) is 138 cm³/mol. The molecule has 0 aromatic heterocycles. The molecule has 0 amide bonds. The van der Waals surface area contributed by atoms with Crippen LogP contribution in [0.5, 0.6) is 0 Å². The van der Waals surface area contributed by atoms with E-state index < -0.39 is 0 Å². The van der Waals surface area contributed by atoms with Crippen molar-refractivity contribution in [2.75, 3.05) is 16.5 Å². The highest BCUT2D eigenvalue weighted by Gasteiger charge is 2.34. The Kier molecular flexibility index (Phi) is 7.33. The molecule has 1 aliphatic rings. The number of hydrogen-bond donors (Lipinski definition) is 0. The van der Waals surface area contributed by atoms with Crippen LogP contribution in [0, 0.1) is 0 Å². The monoisotopic (exact) mass is 458 g/mol. The maximum atomic E-state index is 6.96. The van der Waals surface area contributed by atoms with Gasteiger partial charge in [-0.1, -0.05) is 115 Å². The first-order valence-electron chi connectivity index (χ1n) is 11.4. The topological polar surface area (TPSA) is 6.48 Å². The van der Waals surface area contributed by atoms with Crippen molar-refractivity contribution in [2.45, 2.75) is 79.1 Å². The van der Waals surface area contributed by atoms with Crippen molar-refractivity contribution in [1.29, 1.82) is 0 Å². The third-order valence-electron chi connectivity index (χ3n) is 6.15. The molecule has 0 saturated carbocycles. The standard InChI is InChI=1S/C27H36Cl2N2/c1-16(2)20-11-9-12-21(17(3)4)24(20)30-15-31(27(29)26(30)28)25-22(18(5)6)13-10-14-23(25)19(7)8/h9-14,16-19H,15H2,1-8H3. The minimum absolute atomic E-state index is 0.389. The van der Waals surface area contributed by atoms with E-state index in [0.29, 0.717) is 40.7 Å². The van der Waals surface area contributed by atoms with E-state index in [4.69, 9.17) is 23.2 Å². The second-order valence-electron chi connectivity index (χ2n) is 9.77. The Labute approximate surface area is 198 Å². The number of anilines is 2. The molecule has 0 saturated heterocycles. The highest BCUT2D eigenvalue weighted by molar-refractivity contribution is 6.42. The largest absolute Gasteiger partial charge is 0.310 e. The molecule has 168 valence electrons. The molecule has 2 aromatic rings. The molecule has 1 heterocycles. The lowest BCUT2D eigenvalue weighted by Crippen LogP contribution is -2.30. The number of para-hydroxylation sites is 2. The predicted octanol–water partition coefficient (Wildman–Crippen LogP) is 9.07. The van der Waals surface area contributed by atoms with Gasteiger partial charge in [-0.2, -0.15) is 0 Å². The van der Waals surface area contributed by atoms with Crippen LogP contribution in [-0.4, -0.2) is 6.67 Å². The Hall–Kier alpha value is -1.64. The van der Waals surface area contributed by atoms with Crippen molar-refractivity contribution in [3.63, 3.8) is 0 Å². The van der Waals surface area contributed by atoms with E-state index in [1.54, 1.807) is 0 Å². The second kappa shape index (κ2) is 9.46. The zero-order valence-corrected chi connectivity index (χ0v) is 21.6. The molecule has 4 heteroatoms. The van der Waals surface area contributed by atoms with Gasteiger partial charge in [0.25, 0.3) is 0 Å². The molecule has 3 rings (SSSR count). The summed E-state index contributed by atoms with van der Waals surface area (Å²) in [6.45, 7) is 18.5. The van der Waals surface area contributed by atoms with Crippen LogP contribution in [0.15, 0.2) is 46.7 Å². The quantitative estimate of drug-likeness (QED) is 0.398. The van der Waals surface area contributed by atoms with Gasteiger partial charge < -0.3 is 9.80 Å². The van der Waals surface area contributed by atoms with Crippen LogP contribution in [-0.2, 0) is 0 Å². The molecular formula is C27H36Cl2N2. The molecule has 0 bridgehead atoms. The fourth-order valence-electron chi connectivity index (χ4n) is 4.47. The van der Waals surface area contributed by atoms with Crippen molar-refractivity contribution in [3.05, 3.63) is 69.0 Å². The van der Waals surface area contributed by atoms with Crippen molar-refractivity contribution >= 4 is 34.6 Å². The zero-order valence-electron chi connectivity index (χ0n) is 20.1. The maximum absolute atomic E-state index is 6.96. The first-order valence-corrected chi connectivity index (χ1v) is 12.2. The Morgan fingerprint density at radius 2 is 0.806 bits per heavy atom. The lowest BCUT2D eigenvalue weighted by Gasteiger charge is -2.31. The van der Waals surface area contributed by atoms with Crippen LogP contribution in [0.4, 0.5) is 11.4 Å². The SMILES string of the molecule is CC(C)c1cccc(C(C)C)c1N1CN(c2c(C(C)C)cccc2C(C)C)C(Cl)=C1Cl. The van der Waals surface area contributed by atoms with E-state index >= 15 is 0 Å². The lowest BCUT2D eigenvalue weighted by molar-refractivity contribution is 0.801. The fourth-order valence-corrected chi connectivity index (χ4v) is 4.95. The van der Waals surface area contributed by atoms with Gasteiger partial charge in [0.1, 0.15) is 17.0 Å². The Morgan fingerprint density at radius 3 is 1.03 bits per heavy atom. The molecule has 0 spiro atoms. The van der Waals surface area contributed by atoms with Gasteiger partial charge in [-0.05, 0) is 45.9 Å². The Balaban J connectivity index is 2.19. The Bertz CT molecular complexity index is 843. The van der Waals surface area contributed by atoms with E-state index in [2.05, 4.69) is 102 Å². The molecule has 0 aliphatic carbocycles. The smallest absolute Gasteiger partial charge is 0.146 e. The minimum atomic E-state index is 0.389. The lowest BCUT2D eigenvalue weighted by atomic mass is 9.91. The molecular weight excluding hydrogens is 423 g/mol. The minimum Gasteiger partial charge on any atom is -0.310 e. The van der Waals surface area contributed by atoms with Gasteiger partial charge in [-0.15, -0.1) is 0 Å². The number of hydrogen-bond acceptors (Lipinski definition) is 2. The van der Waals surface area contributed by atoms with Crippen LogP contribution in [0.1, 0.15) is 101 Å². The first-order chi connectivity index (χ1) is 14.6. The summed E-state index contributed by atoms with van der Waals surface area (Å²) in [4.78, 5) is 4.41. The third-order valence-corrected chi connectivity index (χ3v) is 7.01. The second-order valence-corrected chi connectivity index (χ2v) is 10.5. The van der Waals surface area contributed by atoms with Crippen molar-refractivity contribution < 1.29 is 0 Å². The zero-order chi connectivity index (χ0) is 23.0. The fraction of sp³-hybridized carbons (Fsp3) is 0.481. The summed E-state index contributed by atoms with van der Waals surface area (Å²) >= 11 is 13.9. The van der Waals surface area contributed by atoms with Crippen LogP contribution >= 0.6 is 23.2 Å². The van der Waals surface area contributed by atoms with E-state index in [1.165, 1.54) is 33.6 Å². The van der Waals surface area contributed by atoms with Crippen molar-refractivity contribution in [2.24, 2.45) is 0 Å². The van der Waals surface area contributed by atoms with Gasteiger partial charge in [-0.25, -0.2) is 0 Å². The number of halogens is 2. The first kappa shape index (κ1) is 24.0. The summed E-state index contributed by atoms with van der Waals surface area (Å²) in [5, 5.41) is 1.20. The highest BCUT2D eigenvalue weighted by atomic mass is 35.5.